The maximum atomic E-state index is 13.6. The van der Waals surface area contributed by atoms with Gasteiger partial charge in [0, 0.05) is 47.7 Å². The third-order valence-corrected chi connectivity index (χ3v) is 7.65. The van der Waals surface area contributed by atoms with E-state index in [4.69, 9.17) is 0 Å². The Bertz CT molecular complexity index is 1010. The smallest absolute Gasteiger partial charge is 0.317 e. The zero-order valence-electron chi connectivity index (χ0n) is 21.6. The number of rotatable bonds is 5. The summed E-state index contributed by atoms with van der Waals surface area (Å²) in [5.41, 5.74) is 3.57. The lowest BCUT2D eigenvalue weighted by atomic mass is 9.80. The number of carbonyl (C=O) groups is 2. The molecule has 1 aromatic heterocycles. The summed E-state index contributed by atoms with van der Waals surface area (Å²) >= 11 is 0. The van der Waals surface area contributed by atoms with E-state index in [1.165, 1.54) is 22.2 Å². The zero-order chi connectivity index (χ0) is 24.5. The molecule has 2 heterocycles. The molecule has 0 saturated heterocycles. The molecule has 1 saturated carbocycles. The number of hydrogen-bond acceptors (Lipinski definition) is 2. The molecule has 3 amide bonds. The van der Waals surface area contributed by atoms with Gasteiger partial charge in [-0.05, 0) is 83.8 Å². The van der Waals surface area contributed by atoms with Gasteiger partial charge in [0.2, 0.25) is 5.91 Å². The summed E-state index contributed by atoms with van der Waals surface area (Å²) in [4.78, 5) is 34.0. The van der Waals surface area contributed by atoms with Gasteiger partial charge in [-0.1, -0.05) is 25.1 Å². The normalized spacial score (nSPS) is 23.0. The summed E-state index contributed by atoms with van der Waals surface area (Å²) in [5.74, 6) is 0.903. The molecular formula is C28H42N4O2. The quantitative estimate of drug-likeness (QED) is 0.599. The van der Waals surface area contributed by atoms with E-state index in [0.717, 1.165) is 51.6 Å². The number of nitrogens with zero attached hydrogens (tertiary/aromatic N) is 2. The van der Waals surface area contributed by atoms with Crippen molar-refractivity contribution >= 4 is 22.8 Å². The number of amides is 3. The molecule has 1 fully saturated rings. The fourth-order valence-electron chi connectivity index (χ4n) is 5.90. The number of carbonyl (C=O) groups excluding carboxylic acids is 2. The molecule has 1 aliphatic heterocycles. The fraction of sp³-hybridized carbons (Fsp3) is 0.643. The maximum absolute atomic E-state index is 13.6. The predicted octanol–water partition coefficient (Wildman–Crippen LogP) is 5.64. The summed E-state index contributed by atoms with van der Waals surface area (Å²) in [6.07, 6.45) is 5.72. The number of nitrogens with one attached hydrogen (secondary N) is 2. The summed E-state index contributed by atoms with van der Waals surface area (Å²) in [6.45, 7) is 12.6. The van der Waals surface area contributed by atoms with Gasteiger partial charge in [-0.25, -0.2) is 4.79 Å². The number of para-hydroxylation sites is 1. The van der Waals surface area contributed by atoms with Crippen LogP contribution in [0.15, 0.2) is 24.3 Å². The van der Waals surface area contributed by atoms with Gasteiger partial charge in [-0.3, -0.25) is 4.79 Å². The molecule has 6 heteroatoms. The summed E-state index contributed by atoms with van der Waals surface area (Å²) in [6, 6.07) is 8.64. The van der Waals surface area contributed by atoms with Crippen LogP contribution in [0, 0.1) is 11.8 Å². The molecule has 34 heavy (non-hydrogen) atoms. The number of hydrogen-bond donors (Lipinski definition) is 2. The topological polar surface area (TPSA) is 68.4 Å². The first-order valence-electron chi connectivity index (χ1n) is 13.2. The summed E-state index contributed by atoms with van der Waals surface area (Å²) in [5, 5.41) is 4.39. The van der Waals surface area contributed by atoms with Crippen LogP contribution in [-0.2, 0) is 11.2 Å². The second-order valence-electron chi connectivity index (χ2n) is 11.2. The largest absolute Gasteiger partial charge is 0.356 e. The summed E-state index contributed by atoms with van der Waals surface area (Å²) < 4.78 is 0. The van der Waals surface area contributed by atoms with Gasteiger partial charge in [0.15, 0.2) is 0 Å². The lowest BCUT2D eigenvalue weighted by Gasteiger charge is -2.39. The molecule has 1 aromatic carbocycles. The van der Waals surface area contributed by atoms with Gasteiger partial charge in [0.25, 0.3) is 0 Å². The van der Waals surface area contributed by atoms with Crippen molar-refractivity contribution in [2.75, 3.05) is 19.6 Å². The van der Waals surface area contributed by atoms with Crippen molar-refractivity contribution in [1.29, 1.82) is 0 Å². The number of aromatic amines is 1. The van der Waals surface area contributed by atoms with E-state index < -0.39 is 0 Å². The Morgan fingerprint density at radius 1 is 1.12 bits per heavy atom. The Balaban J connectivity index is 1.37. The van der Waals surface area contributed by atoms with Gasteiger partial charge in [-0.15, -0.1) is 0 Å². The highest BCUT2D eigenvalue weighted by atomic mass is 16.2. The Morgan fingerprint density at radius 2 is 1.82 bits per heavy atom. The monoisotopic (exact) mass is 466 g/mol. The van der Waals surface area contributed by atoms with Crippen molar-refractivity contribution in [1.82, 2.24) is 20.1 Å². The van der Waals surface area contributed by atoms with Crippen molar-refractivity contribution in [2.45, 2.75) is 84.7 Å². The molecule has 0 radical (unpaired) electrons. The molecule has 0 bridgehead atoms. The van der Waals surface area contributed by atoms with E-state index in [9.17, 15) is 9.59 Å². The molecular weight excluding hydrogens is 424 g/mol. The molecule has 1 atom stereocenters. The van der Waals surface area contributed by atoms with Gasteiger partial charge in [0.05, 0.1) is 6.04 Å². The van der Waals surface area contributed by atoms with Crippen LogP contribution in [0.3, 0.4) is 0 Å². The van der Waals surface area contributed by atoms with E-state index in [1.54, 1.807) is 0 Å². The highest BCUT2D eigenvalue weighted by Crippen LogP contribution is 2.39. The third kappa shape index (κ3) is 5.11. The highest BCUT2D eigenvalue weighted by molar-refractivity contribution is 5.86. The summed E-state index contributed by atoms with van der Waals surface area (Å²) in [7, 11) is 0. The number of H-pyrrole nitrogens is 1. The molecule has 186 valence electrons. The van der Waals surface area contributed by atoms with Crippen LogP contribution in [0.25, 0.3) is 10.9 Å². The van der Waals surface area contributed by atoms with Crippen LogP contribution in [0.1, 0.15) is 84.0 Å². The molecule has 0 spiro atoms. The van der Waals surface area contributed by atoms with Crippen LogP contribution in [0.2, 0.25) is 0 Å². The molecule has 6 nitrogen and oxygen atoms in total. The average Bonchev–Trinajstić information content (AvgIpc) is 3.19. The first-order chi connectivity index (χ1) is 16.2. The minimum atomic E-state index is -0.232. The second-order valence-corrected chi connectivity index (χ2v) is 11.2. The van der Waals surface area contributed by atoms with Crippen molar-refractivity contribution in [3.8, 4) is 0 Å². The Labute approximate surface area is 204 Å². The Hall–Kier alpha value is -2.50. The third-order valence-electron chi connectivity index (χ3n) is 7.65. The predicted molar refractivity (Wildman–Crippen MR) is 138 cm³/mol. The van der Waals surface area contributed by atoms with E-state index >= 15 is 0 Å². The van der Waals surface area contributed by atoms with Crippen LogP contribution in [0.5, 0.6) is 0 Å². The van der Waals surface area contributed by atoms with Gasteiger partial charge >= 0.3 is 6.03 Å². The second kappa shape index (κ2) is 10.0. The van der Waals surface area contributed by atoms with Gasteiger partial charge < -0.3 is 20.1 Å². The van der Waals surface area contributed by atoms with Crippen molar-refractivity contribution in [3.63, 3.8) is 0 Å². The Kier molecular flexibility index (Phi) is 7.25. The van der Waals surface area contributed by atoms with Crippen LogP contribution in [-0.4, -0.2) is 51.9 Å². The average molecular weight is 467 g/mol. The molecule has 2 N–H and O–H groups in total. The lowest BCUT2D eigenvalue weighted by molar-refractivity contribution is -0.140. The minimum absolute atomic E-state index is 0.0152. The van der Waals surface area contributed by atoms with Crippen molar-refractivity contribution in [3.05, 3.63) is 35.5 Å². The number of fused-ring (bicyclic) bond motifs is 3. The van der Waals surface area contributed by atoms with Gasteiger partial charge in [-0.2, -0.15) is 0 Å². The van der Waals surface area contributed by atoms with E-state index in [2.05, 4.69) is 46.4 Å². The number of urea groups is 1. The molecule has 2 aliphatic rings. The van der Waals surface area contributed by atoms with Crippen LogP contribution >= 0.6 is 0 Å². The maximum Gasteiger partial charge on any atom is 0.317 e. The number of aromatic nitrogens is 1. The Morgan fingerprint density at radius 3 is 2.47 bits per heavy atom. The van der Waals surface area contributed by atoms with Crippen LogP contribution in [0.4, 0.5) is 4.79 Å². The first kappa shape index (κ1) is 24.6. The van der Waals surface area contributed by atoms with Crippen molar-refractivity contribution in [2.24, 2.45) is 11.8 Å². The first-order valence-corrected chi connectivity index (χ1v) is 13.2. The zero-order valence-corrected chi connectivity index (χ0v) is 21.6. The molecule has 2 aromatic rings. The standard InChI is InChI=1S/C28H42N4O2/c1-6-24-25-22(21-10-8-9-11-23(21)29-25)16-17-32(24)26(33)20-14-12-19(13-15-20)18-31(7-2)27(34)30-28(3,4)5/h8-11,19-20,24,29H,6-7,12-18H2,1-5H3,(H,30,34). The SMILES string of the molecule is CCC1c2[nH]c3ccccc3c2CCN1C(=O)C1CCC(CN(CC)C(=O)NC(C)(C)C)CC1. The molecule has 1 unspecified atom stereocenters. The van der Waals surface area contributed by atoms with E-state index in [0.29, 0.717) is 18.4 Å². The molecule has 4 rings (SSSR count). The number of benzene rings is 1. The van der Waals surface area contributed by atoms with E-state index in [1.807, 2.05) is 32.6 Å². The fourth-order valence-corrected chi connectivity index (χ4v) is 5.90. The van der Waals surface area contributed by atoms with Crippen molar-refractivity contribution < 1.29 is 9.59 Å². The highest BCUT2D eigenvalue weighted by Gasteiger charge is 2.37. The lowest BCUT2D eigenvalue weighted by Crippen LogP contribution is -2.50. The van der Waals surface area contributed by atoms with Crippen LogP contribution < -0.4 is 5.32 Å². The van der Waals surface area contributed by atoms with E-state index in [-0.39, 0.29) is 23.5 Å². The minimum Gasteiger partial charge on any atom is -0.356 e. The molecule has 1 aliphatic carbocycles. The van der Waals surface area contributed by atoms with Gasteiger partial charge in [0.1, 0.15) is 0 Å².